The molecule has 5 amide bonds. The lowest BCUT2D eigenvalue weighted by Gasteiger charge is -2.15. The quantitative estimate of drug-likeness (QED) is 0.0742. The number of likely N-dealkylation sites (tertiary alicyclic amines) is 1. The van der Waals surface area contributed by atoms with Gasteiger partial charge in [0.1, 0.15) is 25.2 Å². The number of thioether (sulfide) groups is 1. The highest BCUT2D eigenvalue weighted by Gasteiger charge is 2.38. The number of methoxy groups -OCH3 is 1. The third-order valence-electron chi connectivity index (χ3n) is 5.04. The van der Waals surface area contributed by atoms with E-state index < -0.39 is 29.0 Å². The van der Waals surface area contributed by atoms with Gasteiger partial charge in [-0.05, 0) is 0 Å². The van der Waals surface area contributed by atoms with Gasteiger partial charge in [-0.25, -0.2) is 0 Å². The lowest BCUT2D eigenvalue weighted by Crippen LogP contribution is -2.45. The summed E-state index contributed by atoms with van der Waals surface area (Å²) in [5.74, 6) is -1.72. The van der Waals surface area contributed by atoms with Crippen molar-refractivity contribution in [3.8, 4) is 0 Å². The van der Waals surface area contributed by atoms with E-state index in [0.717, 1.165) is 22.9 Å². The van der Waals surface area contributed by atoms with Crippen molar-refractivity contribution in [3.05, 3.63) is 0 Å². The van der Waals surface area contributed by atoms with Gasteiger partial charge < -0.3 is 39.8 Å². The second kappa shape index (κ2) is 20.1. The van der Waals surface area contributed by atoms with Gasteiger partial charge in [0.05, 0.1) is 31.7 Å². The normalized spacial score (nSPS) is 15.7. The highest BCUT2D eigenvalue weighted by Crippen LogP contribution is 2.25. The zero-order chi connectivity index (χ0) is 28.2. The maximum absolute atomic E-state index is 12.6. The highest BCUT2D eigenvalue weighted by molar-refractivity contribution is 8.00. The van der Waals surface area contributed by atoms with Crippen molar-refractivity contribution in [1.82, 2.24) is 20.9 Å². The second-order valence-electron chi connectivity index (χ2n) is 8.02. The molecule has 1 aliphatic heterocycles. The van der Waals surface area contributed by atoms with Gasteiger partial charge in [-0.3, -0.25) is 28.9 Å². The van der Waals surface area contributed by atoms with Gasteiger partial charge in [0, 0.05) is 58.2 Å². The first-order valence-corrected chi connectivity index (χ1v) is 13.2. The van der Waals surface area contributed by atoms with E-state index in [2.05, 4.69) is 20.7 Å². The van der Waals surface area contributed by atoms with Crippen LogP contribution >= 0.6 is 11.8 Å². The molecule has 15 heteroatoms. The van der Waals surface area contributed by atoms with Crippen molar-refractivity contribution in [2.24, 2.45) is 0 Å². The van der Waals surface area contributed by atoms with Crippen molar-refractivity contribution in [2.75, 3.05) is 65.5 Å². The average molecular weight is 561 g/mol. The van der Waals surface area contributed by atoms with Crippen LogP contribution in [-0.4, -0.2) is 124 Å². The molecule has 1 rings (SSSR count). The summed E-state index contributed by atoms with van der Waals surface area (Å²) >= 11 is 1.16. The number of aldehydes is 2. The summed E-state index contributed by atoms with van der Waals surface area (Å²) in [5, 5.41) is 6.93. The van der Waals surface area contributed by atoms with E-state index in [9.17, 15) is 33.6 Å². The number of carbonyl (C=O) groups excluding carboxylic acids is 7. The third kappa shape index (κ3) is 14.2. The molecule has 214 valence electrons. The first-order chi connectivity index (χ1) is 18.3. The molecule has 1 saturated heterocycles. The van der Waals surface area contributed by atoms with Gasteiger partial charge in [0.15, 0.2) is 0 Å². The van der Waals surface area contributed by atoms with Gasteiger partial charge in [-0.1, -0.05) is 0 Å². The van der Waals surface area contributed by atoms with Crippen LogP contribution in [0, 0.1) is 0 Å². The summed E-state index contributed by atoms with van der Waals surface area (Å²) in [6, 6.07) is -0.899. The van der Waals surface area contributed by atoms with Crippen LogP contribution in [0.4, 0.5) is 0 Å². The molecule has 0 aromatic carbocycles. The molecule has 1 heterocycles. The molecule has 0 radical (unpaired) electrons. The van der Waals surface area contributed by atoms with E-state index in [4.69, 9.17) is 9.47 Å². The molecule has 0 saturated carbocycles. The molecular weight excluding hydrogens is 524 g/mol. The minimum Gasteiger partial charge on any atom is -0.379 e. The third-order valence-corrected chi connectivity index (χ3v) is 6.25. The van der Waals surface area contributed by atoms with Crippen LogP contribution in [0.25, 0.3) is 0 Å². The number of hydrogen-bond acceptors (Lipinski definition) is 11. The molecule has 0 bridgehead atoms. The first kappa shape index (κ1) is 33.1. The Morgan fingerprint density at radius 1 is 1.03 bits per heavy atom. The minimum absolute atomic E-state index is 0.00827. The van der Waals surface area contributed by atoms with Crippen molar-refractivity contribution in [1.29, 1.82) is 0 Å². The topological polar surface area (TPSA) is 187 Å². The standard InChI is InChI=1S/C23H36N4O10S/c1-35-16-21(32)25-14-17(15-29)26-20(31)4-12-38-18-13-22(33)27(23(18)34)6-3-19(30)24-5-9-37-11-10-36-8-2-7-28/h7,15,17-18H,2-6,8-14,16H2,1H3,(H,24,30)(H,25,32)(H,26,31)/t17-,18?/m1/s1. The van der Waals surface area contributed by atoms with Crippen molar-refractivity contribution in [3.63, 3.8) is 0 Å². The van der Waals surface area contributed by atoms with E-state index in [1.54, 1.807) is 0 Å². The summed E-state index contributed by atoms with van der Waals surface area (Å²) in [7, 11) is 1.36. The Bertz CT molecular complexity index is 813. The van der Waals surface area contributed by atoms with Crippen LogP contribution in [0.5, 0.6) is 0 Å². The van der Waals surface area contributed by atoms with Gasteiger partial charge in [-0.15, -0.1) is 11.8 Å². The number of ether oxygens (including phenoxy) is 3. The molecule has 2 atom stereocenters. The lowest BCUT2D eigenvalue weighted by atomic mass is 10.3. The molecule has 3 N–H and O–H groups in total. The summed E-state index contributed by atoms with van der Waals surface area (Å²) in [4.78, 5) is 82.6. The Labute approximate surface area is 225 Å². The molecule has 1 aliphatic rings. The molecule has 0 aliphatic carbocycles. The monoisotopic (exact) mass is 560 g/mol. The fraction of sp³-hybridized carbons (Fsp3) is 0.696. The number of carbonyl (C=O) groups is 7. The molecule has 38 heavy (non-hydrogen) atoms. The van der Waals surface area contributed by atoms with Crippen molar-refractivity contribution < 1.29 is 47.8 Å². The molecule has 0 aromatic rings. The van der Waals surface area contributed by atoms with E-state index >= 15 is 0 Å². The number of nitrogens with zero attached hydrogens (tertiary/aromatic N) is 1. The molecule has 14 nitrogen and oxygen atoms in total. The fourth-order valence-electron chi connectivity index (χ4n) is 3.15. The fourth-order valence-corrected chi connectivity index (χ4v) is 4.27. The predicted octanol–water partition coefficient (Wildman–Crippen LogP) is -2.19. The zero-order valence-electron chi connectivity index (χ0n) is 21.4. The first-order valence-electron chi connectivity index (χ1n) is 12.1. The van der Waals surface area contributed by atoms with Crippen LogP contribution in [0.1, 0.15) is 25.7 Å². The Balaban J connectivity index is 2.22. The minimum atomic E-state index is -0.899. The summed E-state index contributed by atoms with van der Waals surface area (Å²) in [6.45, 7) is 1.27. The van der Waals surface area contributed by atoms with Crippen LogP contribution in [0.15, 0.2) is 0 Å². The van der Waals surface area contributed by atoms with Crippen molar-refractivity contribution >= 4 is 53.9 Å². The molecule has 0 spiro atoms. The van der Waals surface area contributed by atoms with E-state index in [1.807, 2.05) is 0 Å². The van der Waals surface area contributed by atoms with Crippen LogP contribution in [0.2, 0.25) is 0 Å². The summed E-state index contributed by atoms with van der Waals surface area (Å²) in [5.41, 5.74) is 0. The maximum Gasteiger partial charge on any atom is 0.246 e. The zero-order valence-corrected chi connectivity index (χ0v) is 22.3. The van der Waals surface area contributed by atoms with Crippen molar-refractivity contribution in [2.45, 2.75) is 37.0 Å². The van der Waals surface area contributed by atoms with E-state index in [1.165, 1.54) is 7.11 Å². The van der Waals surface area contributed by atoms with Crippen LogP contribution in [-0.2, 0) is 47.8 Å². The Hall–Kier alpha value is -2.88. The maximum atomic E-state index is 12.6. The van der Waals surface area contributed by atoms with Gasteiger partial charge in [0.2, 0.25) is 29.5 Å². The Morgan fingerprint density at radius 3 is 2.45 bits per heavy atom. The van der Waals surface area contributed by atoms with E-state index in [0.29, 0.717) is 32.5 Å². The number of nitrogens with one attached hydrogen (secondary N) is 3. The number of imide groups is 1. The largest absolute Gasteiger partial charge is 0.379 e. The summed E-state index contributed by atoms with van der Waals surface area (Å²) < 4.78 is 15.1. The second-order valence-corrected chi connectivity index (χ2v) is 9.34. The number of hydrogen-bond donors (Lipinski definition) is 3. The number of amides is 5. The van der Waals surface area contributed by atoms with Crippen LogP contribution in [0.3, 0.4) is 0 Å². The Kier molecular flexibility index (Phi) is 17.6. The van der Waals surface area contributed by atoms with Gasteiger partial charge in [0.25, 0.3) is 0 Å². The number of rotatable bonds is 22. The molecule has 1 unspecified atom stereocenters. The predicted molar refractivity (Wildman–Crippen MR) is 135 cm³/mol. The molecule has 1 fully saturated rings. The van der Waals surface area contributed by atoms with Crippen LogP contribution < -0.4 is 16.0 Å². The Morgan fingerprint density at radius 2 is 1.76 bits per heavy atom. The molecular formula is C23H36N4O10S. The average Bonchev–Trinajstić information content (AvgIpc) is 3.16. The van der Waals surface area contributed by atoms with Gasteiger partial charge >= 0.3 is 0 Å². The SMILES string of the molecule is COCC(=O)NC[C@H](C=O)NC(=O)CCSC1CC(=O)N(CCC(=O)NCCOCCOCCC=O)C1=O. The van der Waals surface area contributed by atoms with E-state index in [-0.39, 0.29) is 69.7 Å². The highest BCUT2D eigenvalue weighted by atomic mass is 32.2. The van der Waals surface area contributed by atoms with Gasteiger partial charge in [-0.2, -0.15) is 0 Å². The summed E-state index contributed by atoms with van der Waals surface area (Å²) in [6.07, 6.45) is 1.56. The molecule has 0 aromatic heterocycles. The smallest absolute Gasteiger partial charge is 0.246 e. The lowest BCUT2D eigenvalue weighted by molar-refractivity contribution is -0.138.